The normalized spacial score (nSPS) is 18.8. The summed E-state index contributed by atoms with van der Waals surface area (Å²) in [5.41, 5.74) is 1.22. The zero-order chi connectivity index (χ0) is 14.8. The Hall–Kier alpha value is -1.99. The van der Waals surface area contributed by atoms with Gasteiger partial charge in [-0.05, 0) is 35.5 Å². The second-order valence-electron chi connectivity index (χ2n) is 5.02. The fraction of sp³-hybridized carbons (Fsp3) is 0.385. The number of benzene rings is 1. The van der Waals surface area contributed by atoms with Gasteiger partial charge in [-0.15, -0.1) is 5.10 Å². The van der Waals surface area contributed by atoms with E-state index < -0.39 is 0 Å². The van der Waals surface area contributed by atoms with E-state index in [-0.39, 0.29) is 5.91 Å². The average Bonchev–Trinajstić information content (AvgIpc) is 3.00. The van der Waals surface area contributed by atoms with Crippen molar-refractivity contribution in [1.82, 2.24) is 30.4 Å². The first-order chi connectivity index (χ1) is 10.1. The molecule has 8 heteroatoms. The van der Waals surface area contributed by atoms with Gasteiger partial charge < -0.3 is 10.2 Å². The number of nitrogens with zero attached hydrogens (tertiary/aromatic N) is 5. The van der Waals surface area contributed by atoms with Crippen LogP contribution in [-0.4, -0.2) is 56.7 Å². The fourth-order valence-electron chi connectivity index (χ4n) is 2.39. The molecule has 7 nitrogen and oxygen atoms in total. The molecule has 0 radical (unpaired) electrons. The van der Waals surface area contributed by atoms with Crippen LogP contribution >= 0.6 is 11.6 Å². The van der Waals surface area contributed by atoms with Crippen molar-refractivity contribution in [3.05, 3.63) is 35.1 Å². The number of aromatic nitrogens is 4. The molecule has 1 N–H and O–H groups in total. The van der Waals surface area contributed by atoms with E-state index in [1.165, 1.54) is 11.0 Å². The first kappa shape index (κ1) is 14.0. The third-order valence-corrected chi connectivity index (χ3v) is 3.77. The average molecular weight is 307 g/mol. The van der Waals surface area contributed by atoms with Crippen molar-refractivity contribution < 1.29 is 4.79 Å². The van der Waals surface area contributed by atoms with Crippen molar-refractivity contribution in [1.29, 1.82) is 0 Å². The topological polar surface area (TPSA) is 75.9 Å². The Morgan fingerprint density at radius 3 is 3.00 bits per heavy atom. The molecule has 1 aromatic heterocycles. The van der Waals surface area contributed by atoms with Crippen LogP contribution in [0.3, 0.4) is 0 Å². The van der Waals surface area contributed by atoms with Gasteiger partial charge in [0.25, 0.3) is 5.91 Å². The van der Waals surface area contributed by atoms with Gasteiger partial charge in [0.1, 0.15) is 6.33 Å². The SMILES string of the molecule is CC1CN(C(=O)c2ccc(-n3cnnn3)cc2Cl)CCN1. The minimum absolute atomic E-state index is 0.0448. The van der Waals surface area contributed by atoms with E-state index in [4.69, 9.17) is 11.6 Å². The summed E-state index contributed by atoms with van der Waals surface area (Å²) < 4.78 is 1.49. The maximum atomic E-state index is 12.5. The Bertz CT molecular complexity index is 644. The Morgan fingerprint density at radius 2 is 2.33 bits per heavy atom. The summed E-state index contributed by atoms with van der Waals surface area (Å²) in [7, 11) is 0. The minimum atomic E-state index is -0.0448. The molecule has 21 heavy (non-hydrogen) atoms. The van der Waals surface area contributed by atoms with Crippen molar-refractivity contribution in [3.8, 4) is 5.69 Å². The third kappa shape index (κ3) is 2.88. The molecular formula is C13H15ClN6O. The molecule has 1 amide bonds. The molecule has 2 aromatic rings. The quantitative estimate of drug-likeness (QED) is 0.886. The number of carbonyl (C=O) groups is 1. The second kappa shape index (κ2) is 5.79. The lowest BCUT2D eigenvalue weighted by Gasteiger charge is -2.32. The van der Waals surface area contributed by atoms with E-state index >= 15 is 0 Å². The molecule has 1 atom stereocenters. The number of amides is 1. The number of rotatable bonds is 2. The number of tetrazole rings is 1. The van der Waals surface area contributed by atoms with Crippen LogP contribution in [0, 0.1) is 0 Å². The molecule has 0 saturated carbocycles. The molecule has 1 unspecified atom stereocenters. The van der Waals surface area contributed by atoms with Crippen molar-refractivity contribution in [3.63, 3.8) is 0 Å². The molecule has 0 aliphatic carbocycles. The maximum absolute atomic E-state index is 12.5. The summed E-state index contributed by atoms with van der Waals surface area (Å²) in [6.45, 7) is 4.23. The van der Waals surface area contributed by atoms with Crippen LogP contribution in [-0.2, 0) is 0 Å². The summed E-state index contributed by atoms with van der Waals surface area (Å²) in [5, 5.41) is 14.7. The molecule has 1 aromatic carbocycles. The Labute approximate surface area is 126 Å². The number of hydrogen-bond donors (Lipinski definition) is 1. The molecule has 2 heterocycles. The highest BCUT2D eigenvalue weighted by Crippen LogP contribution is 2.21. The predicted octanol–water partition coefficient (Wildman–Crippen LogP) is 0.750. The highest BCUT2D eigenvalue weighted by Gasteiger charge is 2.23. The summed E-state index contributed by atoms with van der Waals surface area (Å²) >= 11 is 6.25. The lowest BCUT2D eigenvalue weighted by molar-refractivity contribution is 0.0709. The van der Waals surface area contributed by atoms with Gasteiger partial charge in [-0.1, -0.05) is 11.6 Å². The monoisotopic (exact) mass is 306 g/mol. The Balaban J connectivity index is 1.84. The summed E-state index contributed by atoms with van der Waals surface area (Å²) in [5.74, 6) is -0.0448. The minimum Gasteiger partial charge on any atom is -0.336 e. The summed E-state index contributed by atoms with van der Waals surface area (Å²) in [6.07, 6.45) is 1.48. The first-order valence-electron chi connectivity index (χ1n) is 6.71. The van der Waals surface area contributed by atoms with Crippen LogP contribution in [0.2, 0.25) is 5.02 Å². The van der Waals surface area contributed by atoms with Gasteiger partial charge in [-0.3, -0.25) is 4.79 Å². The number of hydrogen-bond acceptors (Lipinski definition) is 5. The zero-order valence-corrected chi connectivity index (χ0v) is 12.3. The van der Waals surface area contributed by atoms with Gasteiger partial charge in [-0.25, -0.2) is 4.68 Å². The number of halogens is 1. The molecule has 0 bridgehead atoms. The maximum Gasteiger partial charge on any atom is 0.255 e. The lowest BCUT2D eigenvalue weighted by atomic mass is 10.1. The molecular weight excluding hydrogens is 292 g/mol. The van der Waals surface area contributed by atoms with Crippen LogP contribution in [0.15, 0.2) is 24.5 Å². The summed E-state index contributed by atoms with van der Waals surface area (Å²) in [4.78, 5) is 14.3. The standard InChI is InChI=1S/C13H15ClN6O/c1-9-7-19(5-4-15-9)13(21)11-3-2-10(6-12(11)14)20-8-16-17-18-20/h2-3,6,8-9,15H,4-5,7H2,1H3. The number of piperazine rings is 1. The van der Waals surface area contributed by atoms with Crippen molar-refractivity contribution in [2.45, 2.75) is 13.0 Å². The van der Waals surface area contributed by atoms with E-state index in [2.05, 4.69) is 27.8 Å². The van der Waals surface area contributed by atoms with Gasteiger partial charge in [0.05, 0.1) is 16.3 Å². The highest BCUT2D eigenvalue weighted by atomic mass is 35.5. The van der Waals surface area contributed by atoms with Gasteiger partial charge in [0, 0.05) is 25.7 Å². The predicted molar refractivity (Wildman–Crippen MR) is 77.5 cm³/mol. The lowest BCUT2D eigenvalue weighted by Crippen LogP contribution is -2.51. The van der Waals surface area contributed by atoms with Crippen LogP contribution in [0.4, 0.5) is 0 Å². The summed E-state index contributed by atoms with van der Waals surface area (Å²) in [6, 6.07) is 5.48. The molecule has 1 aliphatic heterocycles. The van der Waals surface area contributed by atoms with E-state index in [9.17, 15) is 4.79 Å². The molecule has 0 spiro atoms. The smallest absolute Gasteiger partial charge is 0.255 e. The van der Waals surface area contributed by atoms with Crippen molar-refractivity contribution >= 4 is 17.5 Å². The molecule has 110 valence electrons. The largest absolute Gasteiger partial charge is 0.336 e. The van der Waals surface area contributed by atoms with Crippen molar-refractivity contribution in [2.75, 3.05) is 19.6 Å². The second-order valence-corrected chi connectivity index (χ2v) is 5.43. The van der Waals surface area contributed by atoms with E-state index in [1.54, 1.807) is 18.2 Å². The number of nitrogens with one attached hydrogen (secondary N) is 1. The first-order valence-corrected chi connectivity index (χ1v) is 7.08. The fourth-order valence-corrected chi connectivity index (χ4v) is 2.64. The van der Waals surface area contributed by atoms with Gasteiger partial charge in [0.2, 0.25) is 0 Å². The van der Waals surface area contributed by atoms with E-state index in [0.29, 0.717) is 29.7 Å². The Morgan fingerprint density at radius 1 is 1.48 bits per heavy atom. The van der Waals surface area contributed by atoms with E-state index in [0.717, 1.165) is 12.2 Å². The Kier molecular flexibility index (Phi) is 3.85. The molecule has 1 fully saturated rings. The molecule has 3 rings (SSSR count). The molecule has 1 aliphatic rings. The third-order valence-electron chi connectivity index (χ3n) is 3.45. The highest BCUT2D eigenvalue weighted by molar-refractivity contribution is 6.34. The molecule has 1 saturated heterocycles. The van der Waals surface area contributed by atoms with Gasteiger partial charge in [-0.2, -0.15) is 0 Å². The van der Waals surface area contributed by atoms with Gasteiger partial charge >= 0.3 is 0 Å². The van der Waals surface area contributed by atoms with Crippen LogP contribution in [0.5, 0.6) is 0 Å². The van der Waals surface area contributed by atoms with Crippen LogP contribution in [0.25, 0.3) is 5.69 Å². The zero-order valence-electron chi connectivity index (χ0n) is 11.5. The van der Waals surface area contributed by atoms with E-state index in [1.807, 2.05) is 4.90 Å². The van der Waals surface area contributed by atoms with Gasteiger partial charge in [0.15, 0.2) is 0 Å². The van der Waals surface area contributed by atoms with Crippen molar-refractivity contribution in [2.24, 2.45) is 0 Å². The van der Waals surface area contributed by atoms with Crippen LogP contribution in [0.1, 0.15) is 17.3 Å². The number of carbonyl (C=O) groups excluding carboxylic acids is 1. The van der Waals surface area contributed by atoms with Crippen LogP contribution < -0.4 is 5.32 Å².